The van der Waals surface area contributed by atoms with Gasteiger partial charge in [0.1, 0.15) is 5.01 Å². The summed E-state index contributed by atoms with van der Waals surface area (Å²) < 4.78 is 25.0. The third-order valence-electron chi connectivity index (χ3n) is 4.94. The number of amides is 1. The summed E-state index contributed by atoms with van der Waals surface area (Å²) in [5.41, 5.74) is 1.27. The van der Waals surface area contributed by atoms with Crippen LogP contribution in [0.1, 0.15) is 40.7 Å². The van der Waals surface area contributed by atoms with E-state index in [9.17, 15) is 13.2 Å². The van der Waals surface area contributed by atoms with E-state index in [-0.39, 0.29) is 21.9 Å². The summed E-state index contributed by atoms with van der Waals surface area (Å²) in [7, 11) is -3.52. The topological polar surface area (TPSA) is 67.3 Å². The Morgan fingerprint density at radius 2 is 2.00 bits per heavy atom. The minimum atomic E-state index is -3.52. The predicted octanol–water partition coefficient (Wildman–Crippen LogP) is 4.72. The second-order valence-corrected chi connectivity index (χ2v) is 10.4. The standard InChI is InChI=1S/C20H19ClN2O3S2/c1-28(25,26)18-12-13(9-10-14(18)21)20(24)23-11-5-4-7-16(23)19-22-15-6-2-3-8-17(15)27-19/h2-3,6,8-10,12,16H,4-5,7,11H2,1H3. The van der Waals surface area contributed by atoms with Crippen molar-refractivity contribution in [3.05, 3.63) is 58.1 Å². The van der Waals surface area contributed by atoms with Crippen LogP contribution in [0.2, 0.25) is 5.02 Å². The lowest BCUT2D eigenvalue weighted by Gasteiger charge is -2.34. The number of para-hydroxylation sites is 1. The lowest BCUT2D eigenvalue weighted by molar-refractivity contribution is 0.0611. The number of carbonyl (C=O) groups excluding carboxylic acids is 1. The van der Waals surface area contributed by atoms with Gasteiger partial charge < -0.3 is 4.90 Å². The van der Waals surface area contributed by atoms with Crippen molar-refractivity contribution in [2.75, 3.05) is 12.8 Å². The molecule has 2 heterocycles. The maximum Gasteiger partial charge on any atom is 0.254 e. The first kappa shape index (κ1) is 19.4. The SMILES string of the molecule is CS(=O)(=O)c1cc(C(=O)N2CCCCC2c2nc3ccccc3s2)ccc1Cl. The van der Waals surface area contributed by atoms with Gasteiger partial charge in [0.15, 0.2) is 9.84 Å². The molecule has 3 aromatic rings. The molecule has 146 valence electrons. The van der Waals surface area contributed by atoms with Gasteiger partial charge in [-0.15, -0.1) is 11.3 Å². The zero-order chi connectivity index (χ0) is 19.9. The van der Waals surface area contributed by atoms with Crippen molar-refractivity contribution in [2.24, 2.45) is 0 Å². The fourth-order valence-electron chi connectivity index (χ4n) is 3.55. The molecule has 1 amide bonds. The van der Waals surface area contributed by atoms with Gasteiger partial charge >= 0.3 is 0 Å². The van der Waals surface area contributed by atoms with Crippen molar-refractivity contribution in [2.45, 2.75) is 30.2 Å². The smallest absolute Gasteiger partial charge is 0.254 e. The van der Waals surface area contributed by atoms with Crippen LogP contribution in [0.3, 0.4) is 0 Å². The third kappa shape index (κ3) is 3.66. The number of thiazole rings is 1. The molecular formula is C20H19ClN2O3S2. The van der Waals surface area contributed by atoms with Gasteiger partial charge in [-0.1, -0.05) is 23.7 Å². The molecule has 0 radical (unpaired) electrons. The summed E-state index contributed by atoms with van der Waals surface area (Å²) in [6.07, 6.45) is 3.88. The fraction of sp³-hybridized carbons (Fsp3) is 0.300. The van der Waals surface area contributed by atoms with Crippen LogP contribution in [0, 0.1) is 0 Å². The largest absolute Gasteiger partial charge is 0.329 e. The van der Waals surface area contributed by atoms with Crippen molar-refractivity contribution < 1.29 is 13.2 Å². The Kier molecular flexibility index (Phi) is 5.16. The quantitative estimate of drug-likeness (QED) is 0.598. The number of piperidine rings is 1. The average Bonchev–Trinajstić information content (AvgIpc) is 3.11. The Balaban J connectivity index is 1.71. The van der Waals surface area contributed by atoms with Crippen LogP contribution in [0.25, 0.3) is 10.2 Å². The van der Waals surface area contributed by atoms with E-state index in [4.69, 9.17) is 16.6 Å². The number of fused-ring (bicyclic) bond motifs is 1. The number of halogens is 1. The van der Waals surface area contributed by atoms with Gasteiger partial charge in [0.05, 0.1) is 26.2 Å². The van der Waals surface area contributed by atoms with Crippen LogP contribution in [0.5, 0.6) is 0 Å². The van der Waals surface area contributed by atoms with Crippen LogP contribution in [0.4, 0.5) is 0 Å². The molecule has 1 aliphatic rings. The summed E-state index contributed by atoms with van der Waals surface area (Å²) in [6.45, 7) is 0.621. The number of carbonyl (C=O) groups is 1. The molecule has 0 aliphatic carbocycles. The number of hydrogen-bond donors (Lipinski definition) is 0. The summed E-state index contributed by atoms with van der Waals surface area (Å²) in [6, 6.07) is 12.3. The molecule has 0 N–H and O–H groups in total. The molecule has 0 bridgehead atoms. The minimum absolute atomic E-state index is 0.0198. The summed E-state index contributed by atoms with van der Waals surface area (Å²) in [4.78, 5) is 19.8. The van der Waals surface area contributed by atoms with Crippen LogP contribution in [-0.2, 0) is 9.84 Å². The molecule has 1 saturated heterocycles. The number of rotatable bonds is 3. The van der Waals surface area contributed by atoms with Crippen LogP contribution < -0.4 is 0 Å². The first-order chi connectivity index (χ1) is 13.3. The number of nitrogens with zero attached hydrogens (tertiary/aromatic N) is 2. The molecule has 28 heavy (non-hydrogen) atoms. The van der Waals surface area contributed by atoms with E-state index in [1.807, 2.05) is 29.2 Å². The van der Waals surface area contributed by atoms with E-state index in [0.29, 0.717) is 12.1 Å². The molecule has 8 heteroatoms. The molecule has 5 nitrogen and oxygen atoms in total. The first-order valence-electron chi connectivity index (χ1n) is 9.00. The molecule has 1 aromatic heterocycles. The molecule has 1 atom stereocenters. The van der Waals surface area contributed by atoms with Crippen molar-refractivity contribution in [3.63, 3.8) is 0 Å². The molecule has 4 rings (SSSR count). The molecule has 1 aliphatic heterocycles. The van der Waals surface area contributed by atoms with Gasteiger partial charge in [0, 0.05) is 18.4 Å². The van der Waals surface area contributed by atoms with Crippen molar-refractivity contribution in [3.8, 4) is 0 Å². The second kappa shape index (κ2) is 7.46. The number of likely N-dealkylation sites (tertiary alicyclic amines) is 1. The summed E-state index contributed by atoms with van der Waals surface area (Å²) >= 11 is 7.64. The monoisotopic (exact) mass is 434 g/mol. The van der Waals surface area contributed by atoms with E-state index in [1.54, 1.807) is 17.4 Å². The molecule has 1 fully saturated rings. The maximum atomic E-state index is 13.3. The van der Waals surface area contributed by atoms with Crippen molar-refractivity contribution in [1.82, 2.24) is 9.88 Å². The Morgan fingerprint density at radius 3 is 2.75 bits per heavy atom. The highest BCUT2D eigenvalue weighted by atomic mass is 35.5. The minimum Gasteiger partial charge on any atom is -0.329 e. The lowest BCUT2D eigenvalue weighted by Crippen LogP contribution is -2.38. The maximum absolute atomic E-state index is 13.3. The third-order valence-corrected chi connectivity index (χ3v) is 7.65. The van der Waals surface area contributed by atoms with Crippen molar-refractivity contribution >= 4 is 48.9 Å². The average molecular weight is 435 g/mol. The first-order valence-corrected chi connectivity index (χ1v) is 12.1. The Bertz CT molecular complexity index is 1120. The lowest BCUT2D eigenvalue weighted by atomic mass is 10.0. The second-order valence-electron chi connectivity index (χ2n) is 6.95. The molecule has 0 spiro atoms. The van der Waals surface area contributed by atoms with E-state index < -0.39 is 9.84 Å². The number of hydrogen-bond acceptors (Lipinski definition) is 5. The van der Waals surface area contributed by atoms with Gasteiger partial charge in [-0.25, -0.2) is 13.4 Å². The van der Waals surface area contributed by atoms with E-state index in [2.05, 4.69) is 0 Å². The highest BCUT2D eigenvalue weighted by Gasteiger charge is 2.31. The van der Waals surface area contributed by atoms with E-state index in [1.165, 1.54) is 12.1 Å². The van der Waals surface area contributed by atoms with Gasteiger partial charge in [-0.3, -0.25) is 4.79 Å². The van der Waals surface area contributed by atoms with Gasteiger partial charge in [-0.05, 0) is 49.6 Å². The van der Waals surface area contributed by atoms with Crippen LogP contribution in [-0.4, -0.2) is 37.0 Å². The van der Waals surface area contributed by atoms with Crippen molar-refractivity contribution in [1.29, 1.82) is 0 Å². The summed E-state index contributed by atoms with van der Waals surface area (Å²) in [5.74, 6) is -0.189. The number of benzene rings is 2. The highest BCUT2D eigenvalue weighted by Crippen LogP contribution is 2.36. The zero-order valence-corrected chi connectivity index (χ0v) is 17.6. The van der Waals surface area contributed by atoms with Gasteiger partial charge in [-0.2, -0.15) is 0 Å². The van der Waals surface area contributed by atoms with Crippen LogP contribution >= 0.6 is 22.9 Å². The predicted molar refractivity (Wildman–Crippen MR) is 112 cm³/mol. The molecule has 1 unspecified atom stereocenters. The van der Waals surface area contributed by atoms with Gasteiger partial charge in [0.25, 0.3) is 5.91 Å². The normalized spacial score (nSPS) is 17.8. The molecular weight excluding hydrogens is 416 g/mol. The van der Waals surface area contributed by atoms with E-state index >= 15 is 0 Å². The van der Waals surface area contributed by atoms with E-state index in [0.717, 1.165) is 40.7 Å². The highest BCUT2D eigenvalue weighted by molar-refractivity contribution is 7.90. The summed E-state index contributed by atoms with van der Waals surface area (Å²) in [5, 5.41) is 1.05. The molecule has 0 saturated carbocycles. The zero-order valence-electron chi connectivity index (χ0n) is 15.3. The van der Waals surface area contributed by atoms with Gasteiger partial charge in [0.2, 0.25) is 0 Å². The molecule has 2 aromatic carbocycles. The fourth-order valence-corrected chi connectivity index (χ4v) is 5.97. The Morgan fingerprint density at radius 1 is 1.21 bits per heavy atom. The number of sulfone groups is 1. The Hall–Kier alpha value is -1.96. The Labute approximate surface area is 172 Å². The number of aromatic nitrogens is 1. The van der Waals surface area contributed by atoms with Crippen LogP contribution in [0.15, 0.2) is 47.4 Å².